The lowest BCUT2D eigenvalue weighted by Crippen LogP contribution is -2.38. The van der Waals surface area contributed by atoms with E-state index < -0.39 is 24.0 Å². The van der Waals surface area contributed by atoms with E-state index in [9.17, 15) is 5.11 Å². The molecule has 37 heavy (non-hydrogen) atoms. The van der Waals surface area contributed by atoms with Gasteiger partial charge in [-0.3, -0.25) is 4.57 Å². The minimum atomic E-state index is -0.895. The lowest BCUT2D eigenvalue weighted by molar-refractivity contribution is -0.0930. The van der Waals surface area contributed by atoms with Gasteiger partial charge in [0, 0.05) is 6.42 Å². The molecule has 3 N–H and O–H groups in total. The number of rotatable bonds is 7. The number of aliphatic hydroxyl groups is 1. The Morgan fingerprint density at radius 1 is 0.865 bits per heavy atom. The van der Waals surface area contributed by atoms with E-state index in [-0.39, 0.29) is 6.61 Å². The molecular formula is C29H27N5O3. The molecule has 1 aliphatic heterocycles. The number of aromatic nitrogens is 4. The second-order valence-electron chi connectivity index (χ2n) is 9.11. The Morgan fingerprint density at radius 2 is 1.43 bits per heavy atom. The standard InChI is InChI=1S/C29H27N5O3/c30-27-26-28(32-18-31-27)34(19-33-26)25-16-23(35)24(37-25)17-36-29(20-10-4-1-5-11-20,21-12-6-2-7-13-21)22-14-8-3-9-15-22/h1-15,18-19,23-25,35H,16-17H2,(H2,30,31,32)/t23-,24-,25+/m0/s1. The minimum Gasteiger partial charge on any atom is -0.390 e. The van der Waals surface area contributed by atoms with Crippen molar-refractivity contribution in [3.05, 3.63) is 120 Å². The highest BCUT2D eigenvalue weighted by Crippen LogP contribution is 2.41. The number of hydrogen-bond donors (Lipinski definition) is 2. The molecule has 0 bridgehead atoms. The van der Waals surface area contributed by atoms with Crippen molar-refractivity contribution in [3.63, 3.8) is 0 Å². The summed E-state index contributed by atoms with van der Waals surface area (Å²) in [6.45, 7) is 0.167. The SMILES string of the molecule is Nc1ncnc2c1ncn2[C@H]1C[C@H](O)[C@H](COC(c2ccccc2)(c2ccccc2)c2ccccc2)O1. The zero-order chi connectivity index (χ0) is 25.2. The molecule has 0 unspecified atom stereocenters. The third kappa shape index (κ3) is 4.15. The van der Waals surface area contributed by atoms with Gasteiger partial charge in [0.25, 0.3) is 0 Å². The summed E-state index contributed by atoms with van der Waals surface area (Å²) < 4.78 is 15.0. The van der Waals surface area contributed by atoms with Crippen LogP contribution in [0.5, 0.6) is 0 Å². The summed E-state index contributed by atoms with van der Waals surface area (Å²) in [5.74, 6) is 0.306. The van der Waals surface area contributed by atoms with E-state index >= 15 is 0 Å². The monoisotopic (exact) mass is 493 g/mol. The first-order valence-corrected chi connectivity index (χ1v) is 12.2. The first kappa shape index (κ1) is 23.3. The quantitative estimate of drug-likeness (QED) is 0.329. The van der Waals surface area contributed by atoms with Crippen molar-refractivity contribution in [1.29, 1.82) is 0 Å². The fourth-order valence-corrected chi connectivity index (χ4v) is 5.09. The Hall–Kier alpha value is -4.11. The van der Waals surface area contributed by atoms with Crippen molar-refractivity contribution in [2.24, 2.45) is 0 Å². The fraction of sp³-hybridized carbons (Fsp3) is 0.207. The van der Waals surface area contributed by atoms with E-state index in [0.717, 1.165) is 16.7 Å². The van der Waals surface area contributed by atoms with Crippen LogP contribution in [0.3, 0.4) is 0 Å². The number of anilines is 1. The number of nitrogen functional groups attached to an aromatic ring is 1. The normalized spacial score (nSPS) is 19.9. The minimum absolute atomic E-state index is 0.167. The van der Waals surface area contributed by atoms with Crippen LogP contribution in [0.25, 0.3) is 11.2 Å². The molecule has 3 aromatic carbocycles. The topological polar surface area (TPSA) is 108 Å². The van der Waals surface area contributed by atoms with Crippen LogP contribution < -0.4 is 5.73 Å². The fourth-order valence-electron chi connectivity index (χ4n) is 5.09. The van der Waals surface area contributed by atoms with E-state index in [2.05, 4.69) is 51.4 Å². The predicted octanol–water partition coefficient (Wildman–Crippen LogP) is 4.07. The van der Waals surface area contributed by atoms with E-state index in [0.29, 0.717) is 23.4 Å². The van der Waals surface area contributed by atoms with Gasteiger partial charge in [-0.15, -0.1) is 0 Å². The average molecular weight is 494 g/mol. The maximum absolute atomic E-state index is 11.0. The third-order valence-electron chi connectivity index (χ3n) is 6.91. The zero-order valence-electron chi connectivity index (χ0n) is 20.1. The lowest BCUT2D eigenvalue weighted by Gasteiger charge is -2.37. The Kier molecular flexibility index (Phi) is 6.13. The van der Waals surface area contributed by atoms with Crippen molar-refractivity contribution in [2.75, 3.05) is 12.3 Å². The van der Waals surface area contributed by atoms with Gasteiger partial charge in [0.1, 0.15) is 29.8 Å². The number of fused-ring (bicyclic) bond motifs is 1. The van der Waals surface area contributed by atoms with E-state index in [1.165, 1.54) is 6.33 Å². The van der Waals surface area contributed by atoms with Crippen molar-refractivity contribution in [3.8, 4) is 0 Å². The molecule has 0 radical (unpaired) electrons. The van der Waals surface area contributed by atoms with Gasteiger partial charge in [-0.25, -0.2) is 15.0 Å². The van der Waals surface area contributed by atoms with Crippen LogP contribution in [0.4, 0.5) is 5.82 Å². The summed E-state index contributed by atoms with van der Waals surface area (Å²) in [5.41, 5.74) is 9.10. The summed E-state index contributed by atoms with van der Waals surface area (Å²) in [6, 6.07) is 30.4. The molecule has 2 aromatic heterocycles. The Morgan fingerprint density at radius 3 is 2.00 bits per heavy atom. The molecule has 8 heteroatoms. The van der Waals surface area contributed by atoms with Crippen molar-refractivity contribution < 1.29 is 14.6 Å². The molecule has 1 fully saturated rings. The van der Waals surface area contributed by atoms with Gasteiger partial charge < -0.3 is 20.3 Å². The van der Waals surface area contributed by atoms with Crippen LogP contribution in [0.1, 0.15) is 29.3 Å². The summed E-state index contributed by atoms with van der Waals surface area (Å²) in [4.78, 5) is 12.7. The van der Waals surface area contributed by atoms with Gasteiger partial charge in [-0.2, -0.15) is 0 Å². The number of imidazole rings is 1. The highest BCUT2D eigenvalue weighted by atomic mass is 16.6. The Bertz CT molecular complexity index is 1380. The first-order chi connectivity index (χ1) is 18.2. The van der Waals surface area contributed by atoms with Crippen LogP contribution in [-0.4, -0.2) is 43.4 Å². The molecule has 0 spiro atoms. The summed E-state index contributed by atoms with van der Waals surface area (Å²) in [5, 5.41) is 11.0. The summed E-state index contributed by atoms with van der Waals surface area (Å²) >= 11 is 0. The smallest absolute Gasteiger partial charge is 0.167 e. The number of aliphatic hydroxyl groups excluding tert-OH is 1. The molecule has 0 aliphatic carbocycles. The lowest BCUT2D eigenvalue weighted by atomic mass is 9.80. The highest BCUT2D eigenvalue weighted by Gasteiger charge is 2.42. The Labute approximate surface area is 214 Å². The van der Waals surface area contributed by atoms with E-state index in [1.54, 1.807) is 10.9 Å². The summed E-state index contributed by atoms with van der Waals surface area (Å²) in [6.07, 6.45) is 1.65. The average Bonchev–Trinajstić information content (AvgIpc) is 3.55. The van der Waals surface area contributed by atoms with E-state index in [4.69, 9.17) is 15.2 Å². The maximum atomic E-state index is 11.0. The molecular weight excluding hydrogens is 466 g/mol. The molecule has 3 atom stereocenters. The molecule has 0 amide bonds. The largest absolute Gasteiger partial charge is 0.390 e. The maximum Gasteiger partial charge on any atom is 0.167 e. The molecule has 1 saturated heterocycles. The number of nitrogens with two attached hydrogens (primary N) is 1. The van der Waals surface area contributed by atoms with Crippen LogP contribution in [0, 0.1) is 0 Å². The summed E-state index contributed by atoms with van der Waals surface area (Å²) in [7, 11) is 0. The van der Waals surface area contributed by atoms with Gasteiger partial charge >= 0.3 is 0 Å². The van der Waals surface area contributed by atoms with Crippen LogP contribution in [0.15, 0.2) is 104 Å². The van der Waals surface area contributed by atoms with Gasteiger partial charge in [-0.1, -0.05) is 91.0 Å². The number of ether oxygens (including phenoxy) is 2. The molecule has 8 nitrogen and oxygen atoms in total. The van der Waals surface area contributed by atoms with Crippen molar-refractivity contribution in [1.82, 2.24) is 19.5 Å². The van der Waals surface area contributed by atoms with Crippen LogP contribution in [-0.2, 0) is 15.1 Å². The zero-order valence-corrected chi connectivity index (χ0v) is 20.1. The van der Waals surface area contributed by atoms with Gasteiger partial charge in [0.15, 0.2) is 11.5 Å². The van der Waals surface area contributed by atoms with Gasteiger partial charge in [0.2, 0.25) is 0 Å². The third-order valence-corrected chi connectivity index (χ3v) is 6.91. The number of nitrogens with zero attached hydrogens (tertiary/aromatic N) is 4. The molecule has 6 rings (SSSR count). The van der Waals surface area contributed by atoms with Crippen LogP contribution >= 0.6 is 0 Å². The molecule has 0 saturated carbocycles. The molecule has 1 aliphatic rings. The second-order valence-corrected chi connectivity index (χ2v) is 9.11. The highest BCUT2D eigenvalue weighted by molar-refractivity contribution is 5.81. The number of hydrogen-bond acceptors (Lipinski definition) is 7. The van der Waals surface area contributed by atoms with Crippen LogP contribution in [0.2, 0.25) is 0 Å². The Balaban J connectivity index is 1.34. The number of benzene rings is 3. The van der Waals surface area contributed by atoms with Gasteiger partial charge in [-0.05, 0) is 16.7 Å². The molecule has 3 heterocycles. The van der Waals surface area contributed by atoms with Gasteiger partial charge in [0.05, 0.1) is 19.0 Å². The predicted molar refractivity (Wildman–Crippen MR) is 139 cm³/mol. The second kappa shape index (κ2) is 9.74. The van der Waals surface area contributed by atoms with Crippen molar-refractivity contribution >= 4 is 17.0 Å². The van der Waals surface area contributed by atoms with E-state index in [1.807, 2.05) is 54.6 Å². The van der Waals surface area contributed by atoms with Crippen molar-refractivity contribution in [2.45, 2.75) is 30.5 Å². The first-order valence-electron chi connectivity index (χ1n) is 12.2. The molecule has 5 aromatic rings. The molecule has 186 valence electrons.